The molecule has 2 aromatic rings. The number of imide groups is 2. The molecule has 1 saturated heterocycles. The average molecular weight is 603 g/mol. The number of hydrogen-bond acceptors (Lipinski definition) is 12. The molecule has 16 nitrogen and oxygen atoms in total. The molecular weight excluding hydrogens is 568 g/mol. The number of amides is 4. The lowest BCUT2D eigenvalue weighted by Crippen LogP contribution is -2.54. The summed E-state index contributed by atoms with van der Waals surface area (Å²) in [6.07, 6.45) is 1.85. The molecule has 43 heavy (non-hydrogen) atoms. The molecule has 1 aromatic heterocycles. The van der Waals surface area contributed by atoms with E-state index in [-0.39, 0.29) is 43.5 Å². The number of aromatic nitrogens is 3. The molecule has 1 unspecified atom stereocenters. The summed E-state index contributed by atoms with van der Waals surface area (Å²) in [5, 5.41) is 22.0. The van der Waals surface area contributed by atoms with Gasteiger partial charge in [-0.05, 0) is 18.6 Å². The number of hydrogen-bond donors (Lipinski definition) is 3. The van der Waals surface area contributed by atoms with Crippen molar-refractivity contribution in [3.63, 3.8) is 0 Å². The predicted molar refractivity (Wildman–Crippen MR) is 146 cm³/mol. The summed E-state index contributed by atoms with van der Waals surface area (Å²) >= 11 is 0. The van der Waals surface area contributed by atoms with Crippen molar-refractivity contribution >= 4 is 35.3 Å². The topological polar surface area (TPSA) is 201 Å². The van der Waals surface area contributed by atoms with Gasteiger partial charge in [-0.15, -0.1) is 5.10 Å². The number of anilines is 1. The zero-order chi connectivity index (χ0) is 30.6. The van der Waals surface area contributed by atoms with Crippen LogP contribution in [0.1, 0.15) is 45.7 Å². The molecule has 0 spiro atoms. The van der Waals surface area contributed by atoms with Crippen molar-refractivity contribution in [3.05, 3.63) is 41.2 Å². The first-order chi connectivity index (χ1) is 20.8. The van der Waals surface area contributed by atoms with Crippen molar-refractivity contribution in [3.8, 4) is 0 Å². The number of nitrogens with zero attached hydrogens (tertiary/aromatic N) is 4. The fraction of sp³-hybridized carbons (Fsp3) is 0.519. The minimum atomic E-state index is -1.03. The van der Waals surface area contributed by atoms with Gasteiger partial charge in [0.1, 0.15) is 11.7 Å². The summed E-state index contributed by atoms with van der Waals surface area (Å²) in [6.45, 7) is 3.53. The number of ether oxygens (including phenoxy) is 4. The van der Waals surface area contributed by atoms with Gasteiger partial charge in [-0.1, -0.05) is 11.3 Å². The van der Waals surface area contributed by atoms with Gasteiger partial charge >= 0.3 is 5.97 Å². The Morgan fingerprint density at radius 1 is 0.953 bits per heavy atom. The second-order valence-electron chi connectivity index (χ2n) is 9.60. The third kappa shape index (κ3) is 8.87. The van der Waals surface area contributed by atoms with Crippen LogP contribution in [0, 0.1) is 0 Å². The number of fused-ring (bicyclic) bond motifs is 1. The molecule has 2 aliphatic heterocycles. The minimum Gasteiger partial charge on any atom is -0.481 e. The highest BCUT2D eigenvalue weighted by molar-refractivity contribution is 6.25. The predicted octanol–water partition coefficient (Wildman–Crippen LogP) is -0.167. The molecule has 1 atom stereocenters. The van der Waals surface area contributed by atoms with Crippen molar-refractivity contribution < 1.29 is 48.0 Å². The van der Waals surface area contributed by atoms with Crippen LogP contribution in [0.3, 0.4) is 0 Å². The van der Waals surface area contributed by atoms with Crippen LogP contribution in [0.25, 0.3) is 0 Å². The van der Waals surface area contributed by atoms with Gasteiger partial charge in [-0.25, -0.2) is 4.68 Å². The maximum absolute atomic E-state index is 13.2. The maximum atomic E-state index is 13.2. The van der Waals surface area contributed by atoms with Crippen LogP contribution >= 0.6 is 0 Å². The van der Waals surface area contributed by atoms with Crippen LogP contribution in [0.15, 0.2) is 24.4 Å². The monoisotopic (exact) mass is 602 g/mol. The molecule has 0 aliphatic carbocycles. The molecule has 3 heterocycles. The largest absolute Gasteiger partial charge is 0.481 e. The molecule has 4 amide bonds. The third-order valence-corrected chi connectivity index (χ3v) is 6.56. The lowest BCUT2D eigenvalue weighted by atomic mass is 10.0. The highest BCUT2D eigenvalue weighted by atomic mass is 16.6. The second-order valence-corrected chi connectivity index (χ2v) is 9.60. The van der Waals surface area contributed by atoms with Crippen LogP contribution < -0.4 is 10.6 Å². The molecule has 232 valence electrons. The quantitative estimate of drug-likeness (QED) is 0.142. The third-order valence-electron chi connectivity index (χ3n) is 6.56. The number of rotatable bonds is 19. The van der Waals surface area contributed by atoms with Gasteiger partial charge in [0, 0.05) is 12.1 Å². The minimum absolute atomic E-state index is 0.0303. The number of piperidine rings is 1. The molecule has 0 saturated carbocycles. The Labute approximate surface area is 246 Å². The van der Waals surface area contributed by atoms with E-state index in [1.54, 1.807) is 23.0 Å². The Balaban J connectivity index is 1.12. The van der Waals surface area contributed by atoms with Crippen LogP contribution in [0.5, 0.6) is 0 Å². The van der Waals surface area contributed by atoms with E-state index in [0.29, 0.717) is 64.2 Å². The fourth-order valence-corrected chi connectivity index (χ4v) is 4.46. The SMILES string of the molecule is O=C(O)CCOCCOCCOCCOCCn1cc(CNc2cccc3c2C(=O)N(C2CCC(=O)NC2=O)C3=O)nn1. The first-order valence-electron chi connectivity index (χ1n) is 13.9. The smallest absolute Gasteiger partial charge is 0.305 e. The Bertz CT molecular complexity index is 1310. The van der Waals surface area contributed by atoms with E-state index in [4.69, 9.17) is 24.1 Å². The van der Waals surface area contributed by atoms with Crippen LogP contribution in [-0.2, 0) is 46.4 Å². The number of carboxylic acids is 1. The van der Waals surface area contributed by atoms with E-state index in [1.807, 2.05) is 0 Å². The highest BCUT2D eigenvalue weighted by Crippen LogP contribution is 2.32. The summed E-state index contributed by atoms with van der Waals surface area (Å²) in [4.78, 5) is 61.3. The Morgan fingerprint density at radius 3 is 2.30 bits per heavy atom. The molecule has 1 aromatic carbocycles. The molecule has 0 radical (unpaired) electrons. The molecule has 2 aliphatic rings. The van der Waals surface area contributed by atoms with E-state index in [0.717, 1.165) is 4.90 Å². The Kier molecular flexibility index (Phi) is 11.7. The summed E-state index contributed by atoms with van der Waals surface area (Å²) in [5.74, 6) is -3.14. The molecule has 0 bridgehead atoms. The van der Waals surface area contributed by atoms with Gasteiger partial charge in [0.15, 0.2) is 0 Å². The molecule has 3 N–H and O–H groups in total. The normalized spacial score (nSPS) is 16.5. The van der Waals surface area contributed by atoms with Crippen LogP contribution in [0.2, 0.25) is 0 Å². The summed E-state index contributed by atoms with van der Waals surface area (Å²) in [6, 6.07) is 3.82. The van der Waals surface area contributed by atoms with Crippen molar-refractivity contribution in [2.24, 2.45) is 0 Å². The summed E-state index contributed by atoms with van der Waals surface area (Å²) in [5.41, 5.74) is 1.40. The van der Waals surface area contributed by atoms with Crippen LogP contribution in [-0.4, -0.2) is 113 Å². The summed E-state index contributed by atoms with van der Waals surface area (Å²) < 4.78 is 23.0. The number of nitrogens with one attached hydrogen (secondary N) is 2. The van der Waals surface area contributed by atoms with Crippen LogP contribution in [0.4, 0.5) is 5.69 Å². The van der Waals surface area contributed by atoms with Gasteiger partial charge in [-0.3, -0.25) is 34.2 Å². The van der Waals surface area contributed by atoms with Gasteiger partial charge in [0.2, 0.25) is 11.8 Å². The summed E-state index contributed by atoms with van der Waals surface area (Å²) in [7, 11) is 0. The van der Waals surface area contributed by atoms with Crippen molar-refractivity contribution in [1.29, 1.82) is 0 Å². The van der Waals surface area contributed by atoms with Crippen molar-refractivity contribution in [2.75, 3.05) is 58.2 Å². The van der Waals surface area contributed by atoms with E-state index in [1.165, 1.54) is 6.07 Å². The Morgan fingerprint density at radius 2 is 1.63 bits per heavy atom. The lowest BCUT2D eigenvalue weighted by molar-refractivity contribution is -0.138. The molecule has 4 rings (SSSR count). The van der Waals surface area contributed by atoms with E-state index in [9.17, 15) is 24.0 Å². The van der Waals surface area contributed by atoms with E-state index < -0.39 is 35.6 Å². The zero-order valence-corrected chi connectivity index (χ0v) is 23.5. The van der Waals surface area contributed by atoms with E-state index >= 15 is 0 Å². The first kappa shape index (κ1) is 31.7. The lowest BCUT2D eigenvalue weighted by Gasteiger charge is -2.27. The van der Waals surface area contributed by atoms with Crippen molar-refractivity contribution in [1.82, 2.24) is 25.2 Å². The maximum Gasteiger partial charge on any atom is 0.305 e. The fourth-order valence-electron chi connectivity index (χ4n) is 4.46. The van der Waals surface area contributed by atoms with Gasteiger partial charge < -0.3 is 29.4 Å². The number of benzene rings is 1. The number of carbonyl (C=O) groups excluding carboxylic acids is 4. The standard InChI is InChI=1S/C27H34N6O10/c34-22-5-4-21(25(37)29-22)33-26(38)19-2-1-3-20(24(19)27(33)39)28-16-18-17-32(31-30-18)7-9-41-11-13-43-15-14-42-12-10-40-8-6-23(35)36/h1-3,17,21,28H,4-16H2,(H,35,36)(H,29,34,37). The molecule has 1 fully saturated rings. The van der Waals surface area contributed by atoms with Gasteiger partial charge in [-0.2, -0.15) is 0 Å². The first-order valence-corrected chi connectivity index (χ1v) is 13.9. The number of carboxylic acid groups (broad SMARTS) is 1. The highest BCUT2D eigenvalue weighted by Gasteiger charge is 2.45. The number of carbonyl (C=O) groups is 5. The van der Waals surface area contributed by atoms with Gasteiger partial charge in [0.05, 0.1) is 89.7 Å². The van der Waals surface area contributed by atoms with E-state index in [2.05, 4.69) is 20.9 Å². The average Bonchev–Trinajstić information content (AvgIpc) is 3.54. The van der Waals surface area contributed by atoms with Gasteiger partial charge in [0.25, 0.3) is 11.8 Å². The van der Waals surface area contributed by atoms with Crippen molar-refractivity contribution in [2.45, 2.75) is 38.4 Å². The molecular formula is C27H34N6O10. The molecule has 16 heteroatoms. The number of aliphatic carboxylic acids is 1. The second kappa shape index (κ2) is 15.8. The Hall–Kier alpha value is -4.25. The zero-order valence-electron chi connectivity index (χ0n) is 23.5.